The van der Waals surface area contributed by atoms with Gasteiger partial charge in [-0.3, -0.25) is 4.79 Å². The zero-order valence-corrected chi connectivity index (χ0v) is 20.6. The Labute approximate surface area is 206 Å². The van der Waals surface area contributed by atoms with Crippen LogP contribution in [0, 0.1) is 29.6 Å². The van der Waals surface area contributed by atoms with Crippen LogP contribution in [-0.2, 0) is 14.9 Å². The lowest BCUT2D eigenvalue weighted by Gasteiger charge is -2.57. The molecule has 0 saturated heterocycles. The van der Waals surface area contributed by atoms with Crippen molar-refractivity contribution < 1.29 is 19.0 Å². The van der Waals surface area contributed by atoms with Crippen LogP contribution in [0.25, 0.3) is 0 Å². The highest BCUT2D eigenvalue weighted by Crippen LogP contribution is 2.62. The summed E-state index contributed by atoms with van der Waals surface area (Å²) in [7, 11) is 1.60. The molecule has 0 heterocycles. The first-order chi connectivity index (χ1) is 16.5. The SMILES string of the molecule is COC(C)OCOc1ccc(C(=O)Cl)c(C#Cc2ccccc2)c1C12CC3CC(CC(C3)C1)C2. The van der Waals surface area contributed by atoms with Gasteiger partial charge in [0.05, 0.1) is 5.56 Å². The van der Waals surface area contributed by atoms with Crippen molar-refractivity contribution >= 4 is 16.8 Å². The van der Waals surface area contributed by atoms with Gasteiger partial charge in [-0.05, 0) is 99.1 Å². The van der Waals surface area contributed by atoms with Crippen molar-refractivity contribution in [2.45, 2.75) is 57.2 Å². The molecule has 1 unspecified atom stereocenters. The van der Waals surface area contributed by atoms with E-state index in [1.54, 1.807) is 13.2 Å². The van der Waals surface area contributed by atoms with E-state index in [1.807, 2.05) is 43.3 Å². The highest BCUT2D eigenvalue weighted by molar-refractivity contribution is 6.68. The summed E-state index contributed by atoms with van der Waals surface area (Å²) in [6.45, 7) is 1.89. The average molecular weight is 479 g/mol. The molecule has 4 fully saturated rings. The van der Waals surface area contributed by atoms with Crippen LogP contribution < -0.4 is 4.74 Å². The second kappa shape index (κ2) is 9.74. The Morgan fingerprint density at radius 3 is 2.26 bits per heavy atom. The fourth-order valence-electron chi connectivity index (χ4n) is 6.86. The van der Waals surface area contributed by atoms with Crippen LogP contribution >= 0.6 is 11.6 Å². The number of benzene rings is 2. The second-order valence-electron chi connectivity index (χ2n) is 10.2. The Morgan fingerprint density at radius 2 is 1.68 bits per heavy atom. The minimum Gasteiger partial charge on any atom is -0.467 e. The van der Waals surface area contributed by atoms with Crippen LogP contribution in [0.15, 0.2) is 42.5 Å². The highest BCUT2D eigenvalue weighted by atomic mass is 35.5. The number of carbonyl (C=O) groups excluding carboxylic acids is 1. The topological polar surface area (TPSA) is 44.8 Å². The van der Waals surface area contributed by atoms with Gasteiger partial charge in [-0.2, -0.15) is 0 Å². The van der Waals surface area contributed by atoms with Crippen LogP contribution in [0.3, 0.4) is 0 Å². The highest BCUT2D eigenvalue weighted by Gasteiger charge is 2.53. The Morgan fingerprint density at radius 1 is 1.03 bits per heavy atom. The molecule has 4 nitrogen and oxygen atoms in total. The third-order valence-electron chi connectivity index (χ3n) is 7.90. The number of rotatable bonds is 7. The van der Waals surface area contributed by atoms with E-state index in [0.29, 0.717) is 11.1 Å². The third kappa shape index (κ3) is 4.62. The predicted octanol–water partition coefficient (Wildman–Crippen LogP) is 6.28. The van der Waals surface area contributed by atoms with Crippen LogP contribution in [0.5, 0.6) is 5.75 Å². The quantitative estimate of drug-likeness (QED) is 0.267. The smallest absolute Gasteiger partial charge is 0.253 e. The second-order valence-corrected chi connectivity index (χ2v) is 10.5. The summed E-state index contributed by atoms with van der Waals surface area (Å²) < 4.78 is 17.0. The van der Waals surface area contributed by atoms with E-state index in [-0.39, 0.29) is 18.5 Å². The van der Waals surface area contributed by atoms with E-state index in [4.69, 9.17) is 25.8 Å². The van der Waals surface area contributed by atoms with Gasteiger partial charge in [-0.15, -0.1) is 0 Å². The molecule has 178 valence electrons. The van der Waals surface area contributed by atoms with Gasteiger partial charge >= 0.3 is 0 Å². The van der Waals surface area contributed by atoms with Crippen LogP contribution in [-0.4, -0.2) is 25.4 Å². The van der Waals surface area contributed by atoms with Gasteiger partial charge in [0, 0.05) is 29.2 Å². The predicted molar refractivity (Wildman–Crippen MR) is 132 cm³/mol. The number of hydrogen-bond donors (Lipinski definition) is 0. The molecule has 4 saturated carbocycles. The number of ether oxygens (including phenoxy) is 3. The molecular weight excluding hydrogens is 448 g/mol. The molecule has 4 bridgehead atoms. The van der Waals surface area contributed by atoms with Crippen molar-refractivity contribution in [1.29, 1.82) is 0 Å². The number of hydrogen-bond acceptors (Lipinski definition) is 4. The van der Waals surface area contributed by atoms with Crippen LogP contribution in [0.2, 0.25) is 0 Å². The Kier molecular flexibility index (Phi) is 6.71. The molecule has 34 heavy (non-hydrogen) atoms. The maximum Gasteiger partial charge on any atom is 0.253 e. The summed E-state index contributed by atoms with van der Waals surface area (Å²) in [4.78, 5) is 12.5. The van der Waals surface area contributed by atoms with Gasteiger partial charge in [0.15, 0.2) is 13.1 Å². The molecule has 2 aromatic rings. The van der Waals surface area contributed by atoms with Crippen molar-refractivity contribution in [2.24, 2.45) is 17.8 Å². The van der Waals surface area contributed by atoms with E-state index in [1.165, 1.54) is 19.3 Å². The largest absolute Gasteiger partial charge is 0.467 e. The zero-order chi connectivity index (χ0) is 23.7. The Balaban J connectivity index is 1.63. The molecule has 1 atom stereocenters. The van der Waals surface area contributed by atoms with Crippen LogP contribution in [0.1, 0.15) is 72.5 Å². The monoisotopic (exact) mass is 478 g/mol. The minimum atomic E-state index is -0.487. The molecule has 0 amide bonds. The summed E-state index contributed by atoms with van der Waals surface area (Å²) >= 11 is 6.10. The number of halogens is 1. The molecule has 4 aliphatic carbocycles. The standard InChI is InChI=1S/C29H31ClO4/c1-19(32-2)33-18-34-26-11-10-25(28(30)31)24(9-8-20-6-4-3-5-7-20)27(26)29-15-21-12-22(16-29)14-23(13-21)17-29/h3-7,10-11,19,21-23H,12-18H2,1-2H3. The molecule has 0 spiro atoms. The fraction of sp³-hybridized carbons (Fsp3) is 0.483. The Bertz CT molecular complexity index is 1080. The minimum absolute atomic E-state index is 0.0417. The van der Waals surface area contributed by atoms with Crippen molar-refractivity contribution in [2.75, 3.05) is 13.9 Å². The molecule has 0 radical (unpaired) electrons. The molecule has 0 N–H and O–H groups in total. The van der Waals surface area contributed by atoms with E-state index < -0.39 is 5.24 Å². The van der Waals surface area contributed by atoms with Gasteiger partial charge in [0.2, 0.25) is 0 Å². The van der Waals surface area contributed by atoms with Crippen LogP contribution in [0.4, 0.5) is 0 Å². The maximum absolute atomic E-state index is 12.5. The van der Waals surface area contributed by atoms with Gasteiger partial charge in [-0.25, -0.2) is 0 Å². The summed E-state index contributed by atoms with van der Waals surface area (Å²) in [5.74, 6) is 9.56. The molecule has 0 aliphatic heterocycles. The molecule has 0 aromatic heterocycles. The summed E-state index contributed by atoms with van der Waals surface area (Å²) in [5, 5.41) is -0.487. The normalized spacial score (nSPS) is 27.7. The first kappa shape index (κ1) is 23.4. The molecule has 6 rings (SSSR count). The lowest BCUT2D eigenvalue weighted by atomic mass is 9.47. The first-order valence-electron chi connectivity index (χ1n) is 12.2. The molecule has 2 aromatic carbocycles. The summed E-state index contributed by atoms with van der Waals surface area (Å²) in [6.07, 6.45) is 6.94. The molecule has 5 heteroatoms. The Hall–Kier alpha value is -2.32. The third-order valence-corrected chi connectivity index (χ3v) is 8.11. The van der Waals surface area contributed by atoms with E-state index in [9.17, 15) is 4.79 Å². The first-order valence-corrected chi connectivity index (χ1v) is 12.6. The van der Waals surface area contributed by atoms with Gasteiger partial charge < -0.3 is 14.2 Å². The summed E-state index contributed by atoms with van der Waals surface area (Å²) in [6, 6.07) is 13.5. The summed E-state index contributed by atoms with van der Waals surface area (Å²) in [5.41, 5.74) is 3.07. The molecule has 4 aliphatic rings. The van der Waals surface area contributed by atoms with Crippen molar-refractivity contribution in [3.05, 3.63) is 64.7 Å². The van der Waals surface area contributed by atoms with Crippen molar-refractivity contribution in [1.82, 2.24) is 0 Å². The number of methoxy groups -OCH3 is 1. The van der Waals surface area contributed by atoms with E-state index >= 15 is 0 Å². The van der Waals surface area contributed by atoms with Gasteiger partial charge in [0.25, 0.3) is 5.24 Å². The van der Waals surface area contributed by atoms with E-state index in [2.05, 4.69) is 11.8 Å². The lowest BCUT2D eigenvalue weighted by Crippen LogP contribution is -2.49. The van der Waals surface area contributed by atoms with E-state index in [0.717, 1.165) is 53.9 Å². The average Bonchev–Trinajstić information content (AvgIpc) is 2.82. The lowest BCUT2D eigenvalue weighted by molar-refractivity contribution is -0.150. The fourth-order valence-corrected chi connectivity index (χ4v) is 7.02. The maximum atomic E-state index is 12.5. The van der Waals surface area contributed by atoms with Gasteiger partial charge in [-0.1, -0.05) is 30.0 Å². The van der Waals surface area contributed by atoms with Crippen molar-refractivity contribution in [3.8, 4) is 17.6 Å². The van der Waals surface area contributed by atoms with Gasteiger partial charge in [0.1, 0.15) is 5.75 Å². The van der Waals surface area contributed by atoms with Crippen molar-refractivity contribution in [3.63, 3.8) is 0 Å². The zero-order valence-electron chi connectivity index (χ0n) is 19.8. The number of carbonyl (C=O) groups is 1. The molecular formula is C29H31ClO4.